The van der Waals surface area contributed by atoms with Gasteiger partial charge in [0.05, 0.1) is 16.7 Å². The largest absolute Gasteiger partial charge is 0.398 e. The number of anilines is 1. The van der Waals surface area contributed by atoms with Crippen LogP contribution in [0.5, 0.6) is 0 Å². The number of benzene rings is 5. The van der Waals surface area contributed by atoms with Gasteiger partial charge in [-0.3, -0.25) is 0 Å². The summed E-state index contributed by atoms with van der Waals surface area (Å²) in [5.74, 6) is 0.675. The van der Waals surface area contributed by atoms with E-state index in [1.807, 2.05) is 31.2 Å². The Balaban J connectivity index is 1.24. The Hall–Kier alpha value is -5.78. The minimum absolute atomic E-state index is 0.675. The van der Waals surface area contributed by atoms with E-state index in [4.69, 9.17) is 15.7 Å². The standard InChI is InChI=1S/C42H30N4S/c1-2-10-26-17-18-30(24-35(26)43)41-44-40(39-33-14-4-3-5-16-38(33)47-42(39)45-41)27-19-21-31(22-20-27)46-36-15-9-8-13-32(36)34-23-28-11-6-7-12-29(28)25-37(34)46/h2,4-25H,3,43H2,1H3/b10-2-. The maximum absolute atomic E-state index is 6.45. The van der Waals surface area contributed by atoms with Crippen LogP contribution in [-0.4, -0.2) is 14.5 Å². The highest BCUT2D eigenvalue weighted by Crippen LogP contribution is 2.41. The molecular weight excluding hydrogens is 593 g/mol. The lowest BCUT2D eigenvalue weighted by Gasteiger charge is -2.12. The van der Waals surface area contributed by atoms with Crippen LogP contribution in [0.1, 0.15) is 29.3 Å². The Bertz CT molecular complexity index is 2620. The van der Waals surface area contributed by atoms with Gasteiger partial charge >= 0.3 is 0 Å². The second-order valence-corrected chi connectivity index (χ2v) is 13.0. The minimum atomic E-state index is 0.675. The number of nitrogen functional groups attached to an aromatic ring is 1. The molecular formula is C42H30N4S. The van der Waals surface area contributed by atoms with E-state index in [0.29, 0.717) is 11.5 Å². The van der Waals surface area contributed by atoms with Gasteiger partial charge in [0.1, 0.15) is 4.83 Å². The van der Waals surface area contributed by atoms with Crippen molar-refractivity contribution in [3.8, 4) is 28.3 Å². The number of hydrogen-bond acceptors (Lipinski definition) is 4. The molecule has 2 N–H and O–H groups in total. The van der Waals surface area contributed by atoms with Gasteiger partial charge in [0, 0.05) is 49.1 Å². The molecule has 0 fully saturated rings. The van der Waals surface area contributed by atoms with Crippen molar-refractivity contribution in [1.29, 1.82) is 0 Å². The van der Waals surface area contributed by atoms with E-state index in [0.717, 1.165) is 44.7 Å². The van der Waals surface area contributed by atoms with Crippen LogP contribution in [0.2, 0.25) is 0 Å². The topological polar surface area (TPSA) is 56.7 Å². The summed E-state index contributed by atoms with van der Waals surface area (Å²) in [5.41, 5.74) is 15.7. The summed E-state index contributed by atoms with van der Waals surface area (Å²) in [4.78, 5) is 12.5. The molecule has 0 bridgehead atoms. The third-order valence-corrected chi connectivity index (χ3v) is 10.1. The van der Waals surface area contributed by atoms with Crippen LogP contribution in [0.3, 0.4) is 0 Å². The Morgan fingerprint density at radius 2 is 1.51 bits per heavy atom. The summed E-state index contributed by atoms with van der Waals surface area (Å²) < 4.78 is 2.38. The van der Waals surface area contributed by atoms with Gasteiger partial charge in [-0.15, -0.1) is 11.3 Å². The summed E-state index contributed by atoms with van der Waals surface area (Å²) in [5, 5.41) is 6.08. The Morgan fingerprint density at radius 1 is 0.745 bits per heavy atom. The molecule has 0 spiro atoms. The summed E-state index contributed by atoms with van der Waals surface area (Å²) in [6.07, 6.45) is 13.8. The van der Waals surface area contributed by atoms with Crippen LogP contribution in [0.4, 0.5) is 5.69 Å². The lowest BCUT2D eigenvalue weighted by atomic mass is 10.0. The monoisotopic (exact) mass is 622 g/mol. The zero-order chi connectivity index (χ0) is 31.5. The number of hydrogen-bond donors (Lipinski definition) is 1. The average molecular weight is 623 g/mol. The Kier molecular flexibility index (Phi) is 6.40. The number of nitrogens with zero attached hydrogens (tertiary/aromatic N) is 3. The van der Waals surface area contributed by atoms with E-state index in [2.05, 4.69) is 120 Å². The molecule has 5 heteroatoms. The summed E-state index contributed by atoms with van der Waals surface area (Å²) >= 11 is 1.72. The lowest BCUT2D eigenvalue weighted by Crippen LogP contribution is -1.97. The van der Waals surface area contributed by atoms with Crippen molar-refractivity contribution in [1.82, 2.24) is 14.5 Å². The van der Waals surface area contributed by atoms with Crippen molar-refractivity contribution in [3.05, 3.63) is 137 Å². The van der Waals surface area contributed by atoms with Gasteiger partial charge in [-0.1, -0.05) is 97.1 Å². The van der Waals surface area contributed by atoms with Crippen LogP contribution in [0.25, 0.3) is 89.4 Å². The fourth-order valence-corrected chi connectivity index (χ4v) is 7.95. The maximum Gasteiger partial charge on any atom is 0.161 e. The smallest absolute Gasteiger partial charge is 0.161 e. The lowest BCUT2D eigenvalue weighted by molar-refractivity contribution is 1.18. The van der Waals surface area contributed by atoms with Crippen LogP contribution >= 0.6 is 11.3 Å². The van der Waals surface area contributed by atoms with Gasteiger partial charge in [0.15, 0.2) is 5.82 Å². The highest BCUT2D eigenvalue weighted by atomic mass is 32.1. The van der Waals surface area contributed by atoms with E-state index in [9.17, 15) is 0 Å². The van der Waals surface area contributed by atoms with Crippen LogP contribution in [0, 0.1) is 0 Å². The van der Waals surface area contributed by atoms with Crippen molar-refractivity contribution >= 4 is 78.0 Å². The van der Waals surface area contributed by atoms with Crippen molar-refractivity contribution in [2.75, 3.05) is 5.73 Å². The number of fused-ring (bicyclic) bond motifs is 7. The predicted octanol–water partition coefficient (Wildman–Crippen LogP) is 11.3. The number of thiophene rings is 1. The first-order valence-corrected chi connectivity index (χ1v) is 16.7. The van der Waals surface area contributed by atoms with E-state index in [-0.39, 0.29) is 0 Å². The molecule has 0 saturated heterocycles. The zero-order valence-corrected chi connectivity index (χ0v) is 26.6. The van der Waals surface area contributed by atoms with E-state index in [1.54, 1.807) is 11.3 Å². The molecule has 47 heavy (non-hydrogen) atoms. The summed E-state index contributed by atoms with van der Waals surface area (Å²) in [6, 6.07) is 36.8. The number of rotatable bonds is 4. The number of allylic oxidation sites excluding steroid dienone is 3. The molecule has 3 aromatic heterocycles. The third kappa shape index (κ3) is 4.50. The van der Waals surface area contributed by atoms with E-state index >= 15 is 0 Å². The van der Waals surface area contributed by atoms with Crippen LogP contribution < -0.4 is 5.73 Å². The molecule has 0 amide bonds. The van der Waals surface area contributed by atoms with Crippen molar-refractivity contribution in [2.24, 2.45) is 0 Å². The van der Waals surface area contributed by atoms with Crippen molar-refractivity contribution in [3.63, 3.8) is 0 Å². The quantitative estimate of drug-likeness (QED) is 0.199. The minimum Gasteiger partial charge on any atom is -0.398 e. The summed E-state index contributed by atoms with van der Waals surface area (Å²) in [7, 11) is 0. The highest BCUT2D eigenvalue weighted by molar-refractivity contribution is 7.19. The molecule has 9 rings (SSSR count). The molecule has 8 aromatic rings. The molecule has 1 aliphatic carbocycles. The first kappa shape index (κ1) is 27.5. The van der Waals surface area contributed by atoms with Crippen molar-refractivity contribution in [2.45, 2.75) is 13.3 Å². The SMILES string of the molecule is C/C=C\c1ccc(-c2nc(-c3ccc(-n4c5ccccc5c5cc6ccccc6cc54)cc3)c3c4c(sc3n2)C=CCC=C4)cc1N. The molecule has 0 unspecified atom stereocenters. The van der Waals surface area contributed by atoms with Crippen molar-refractivity contribution < 1.29 is 0 Å². The molecule has 0 atom stereocenters. The molecule has 4 nitrogen and oxygen atoms in total. The predicted molar refractivity (Wildman–Crippen MR) is 202 cm³/mol. The van der Waals surface area contributed by atoms with E-state index < -0.39 is 0 Å². The van der Waals surface area contributed by atoms with Gasteiger partial charge < -0.3 is 10.3 Å². The normalized spacial score (nSPS) is 13.0. The molecule has 1 aliphatic rings. The Labute approximate surface area is 276 Å². The molecule has 0 saturated carbocycles. The van der Waals surface area contributed by atoms with Crippen LogP contribution in [0.15, 0.2) is 121 Å². The molecule has 224 valence electrons. The van der Waals surface area contributed by atoms with Gasteiger partial charge in [0.25, 0.3) is 0 Å². The number of para-hydroxylation sites is 1. The second kappa shape index (κ2) is 10.9. The van der Waals surface area contributed by atoms with Gasteiger partial charge in [0.2, 0.25) is 0 Å². The Morgan fingerprint density at radius 3 is 2.34 bits per heavy atom. The van der Waals surface area contributed by atoms with Gasteiger partial charge in [-0.05, 0) is 72.2 Å². The highest BCUT2D eigenvalue weighted by Gasteiger charge is 2.20. The molecule has 3 heterocycles. The number of nitrogens with two attached hydrogens (primary N) is 1. The first-order chi connectivity index (χ1) is 23.2. The van der Waals surface area contributed by atoms with Gasteiger partial charge in [-0.2, -0.15) is 0 Å². The van der Waals surface area contributed by atoms with Crippen LogP contribution in [-0.2, 0) is 0 Å². The second-order valence-electron chi connectivity index (χ2n) is 12.0. The van der Waals surface area contributed by atoms with E-state index in [1.165, 1.54) is 43.0 Å². The summed E-state index contributed by atoms with van der Waals surface area (Å²) in [6.45, 7) is 1.99. The fraction of sp³-hybridized carbons (Fsp3) is 0.0476. The average Bonchev–Trinajstić information content (AvgIpc) is 3.52. The number of aromatic nitrogens is 3. The fourth-order valence-electron chi connectivity index (χ4n) is 6.85. The molecule has 5 aromatic carbocycles. The molecule has 0 aliphatic heterocycles. The zero-order valence-electron chi connectivity index (χ0n) is 25.8. The first-order valence-electron chi connectivity index (χ1n) is 15.9. The van der Waals surface area contributed by atoms with Gasteiger partial charge in [-0.25, -0.2) is 9.97 Å². The third-order valence-electron chi connectivity index (χ3n) is 9.07. The maximum atomic E-state index is 6.45. The molecule has 0 radical (unpaired) electrons.